The zero-order chi connectivity index (χ0) is 20.7. The predicted molar refractivity (Wildman–Crippen MR) is 103 cm³/mol. The average Bonchev–Trinajstić information content (AvgIpc) is 3.19. The highest BCUT2D eigenvalue weighted by molar-refractivity contribution is 7.12. The summed E-state index contributed by atoms with van der Waals surface area (Å²) in [6, 6.07) is 8.03. The van der Waals surface area contributed by atoms with E-state index in [0.29, 0.717) is 4.88 Å². The molecule has 1 atom stereocenters. The van der Waals surface area contributed by atoms with E-state index in [2.05, 4.69) is 10.6 Å². The van der Waals surface area contributed by atoms with Gasteiger partial charge < -0.3 is 15.4 Å². The molecule has 1 heterocycles. The van der Waals surface area contributed by atoms with Gasteiger partial charge in [0, 0.05) is 6.07 Å². The first-order chi connectivity index (χ1) is 13.3. The Kier molecular flexibility index (Phi) is 7.21. The number of carbonyl (C=O) groups is 3. The van der Waals surface area contributed by atoms with Crippen LogP contribution >= 0.6 is 11.3 Å². The van der Waals surface area contributed by atoms with Crippen molar-refractivity contribution >= 4 is 40.5 Å². The Morgan fingerprint density at radius 2 is 1.89 bits per heavy atom. The van der Waals surface area contributed by atoms with E-state index >= 15 is 0 Å². The Balaban J connectivity index is 1.94. The number of thiophene rings is 1. The minimum atomic E-state index is -0.937. The van der Waals surface area contributed by atoms with Gasteiger partial charge in [-0.3, -0.25) is 19.7 Å². The van der Waals surface area contributed by atoms with E-state index in [9.17, 15) is 24.5 Å². The molecule has 1 aromatic carbocycles. The molecule has 10 heteroatoms. The number of nitrogens with one attached hydrogen (secondary N) is 2. The van der Waals surface area contributed by atoms with Crippen LogP contribution in [0.3, 0.4) is 0 Å². The lowest BCUT2D eigenvalue weighted by Gasteiger charge is -2.20. The molecule has 1 unspecified atom stereocenters. The van der Waals surface area contributed by atoms with Crippen LogP contribution in [-0.2, 0) is 14.3 Å². The number of anilines is 1. The first kappa shape index (κ1) is 21.0. The molecule has 2 aromatic rings. The Morgan fingerprint density at radius 3 is 2.50 bits per heavy atom. The zero-order valence-corrected chi connectivity index (χ0v) is 16.0. The van der Waals surface area contributed by atoms with Gasteiger partial charge in [0.05, 0.1) is 9.80 Å². The summed E-state index contributed by atoms with van der Waals surface area (Å²) in [6.07, 6.45) is 0. The first-order valence-corrected chi connectivity index (χ1v) is 9.22. The van der Waals surface area contributed by atoms with E-state index in [-0.39, 0.29) is 17.3 Å². The van der Waals surface area contributed by atoms with Crippen LogP contribution < -0.4 is 10.6 Å². The van der Waals surface area contributed by atoms with Crippen molar-refractivity contribution in [2.45, 2.75) is 19.9 Å². The van der Waals surface area contributed by atoms with E-state index in [1.807, 2.05) is 0 Å². The summed E-state index contributed by atoms with van der Waals surface area (Å²) in [5.41, 5.74) is -0.273. The standard InChI is InChI=1S/C18H19N3O6S/c1-11(2)16(20-17(23)14-8-5-9-28-14)18(24)27-10-15(22)19-12-6-3-4-7-13(12)21(25)26/h3-9,11,16H,10H2,1-2H3,(H,19,22)(H,20,23). The van der Waals surface area contributed by atoms with E-state index in [1.165, 1.54) is 35.6 Å². The largest absolute Gasteiger partial charge is 0.454 e. The second-order valence-corrected chi connectivity index (χ2v) is 7.05. The number of ether oxygens (including phenoxy) is 1. The van der Waals surface area contributed by atoms with Crippen molar-refractivity contribution < 1.29 is 24.0 Å². The third-order valence-electron chi connectivity index (χ3n) is 3.67. The predicted octanol–water partition coefficient (Wildman–Crippen LogP) is 2.59. The van der Waals surface area contributed by atoms with Gasteiger partial charge >= 0.3 is 5.97 Å². The number of amides is 2. The summed E-state index contributed by atoms with van der Waals surface area (Å²) < 4.78 is 4.99. The Hall–Kier alpha value is -3.27. The lowest BCUT2D eigenvalue weighted by atomic mass is 10.0. The summed E-state index contributed by atoms with van der Waals surface area (Å²) >= 11 is 1.24. The highest BCUT2D eigenvalue weighted by Crippen LogP contribution is 2.23. The van der Waals surface area contributed by atoms with E-state index in [0.717, 1.165) is 0 Å². The minimum Gasteiger partial charge on any atom is -0.454 e. The molecule has 0 spiro atoms. The SMILES string of the molecule is CC(C)C(NC(=O)c1cccs1)C(=O)OCC(=O)Nc1ccccc1[N+](=O)[O-]. The minimum absolute atomic E-state index is 0.0000401. The van der Waals surface area contributed by atoms with Gasteiger partial charge in [0.2, 0.25) is 0 Å². The summed E-state index contributed by atoms with van der Waals surface area (Å²) in [5, 5.41) is 17.6. The highest BCUT2D eigenvalue weighted by atomic mass is 32.1. The third kappa shape index (κ3) is 5.61. The number of nitrogens with zero attached hydrogens (tertiary/aromatic N) is 1. The smallest absolute Gasteiger partial charge is 0.329 e. The number of esters is 1. The summed E-state index contributed by atoms with van der Waals surface area (Å²) in [5.74, 6) is -2.17. The van der Waals surface area contributed by atoms with E-state index in [1.54, 1.807) is 31.4 Å². The summed E-state index contributed by atoms with van der Waals surface area (Å²) in [4.78, 5) is 47.2. The lowest BCUT2D eigenvalue weighted by molar-refractivity contribution is -0.383. The van der Waals surface area contributed by atoms with Gasteiger partial charge in [-0.25, -0.2) is 4.79 Å². The second-order valence-electron chi connectivity index (χ2n) is 6.10. The molecule has 0 saturated heterocycles. The number of hydrogen-bond donors (Lipinski definition) is 2. The Bertz CT molecular complexity index is 866. The van der Waals surface area contributed by atoms with Crippen LogP contribution in [0.5, 0.6) is 0 Å². The van der Waals surface area contributed by atoms with Crippen molar-refractivity contribution in [2.24, 2.45) is 5.92 Å². The van der Waals surface area contributed by atoms with Gasteiger partial charge in [0.15, 0.2) is 6.61 Å². The molecule has 9 nitrogen and oxygen atoms in total. The molecular formula is C18H19N3O6S. The number of para-hydroxylation sites is 2. The average molecular weight is 405 g/mol. The fourth-order valence-corrected chi connectivity index (χ4v) is 2.90. The molecule has 0 aliphatic heterocycles. The summed E-state index contributed by atoms with van der Waals surface area (Å²) in [7, 11) is 0. The normalized spacial score (nSPS) is 11.5. The van der Waals surface area contributed by atoms with Crippen LogP contribution in [0.2, 0.25) is 0 Å². The molecule has 28 heavy (non-hydrogen) atoms. The molecular weight excluding hydrogens is 386 g/mol. The topological polar surface area (TPSA) is 128 Å². The zero-order valence-electron chi connectivity index (χ0n) is 15.2. The van der Waals surface area contributed by atoms with Crippen molar-refractivity contribution in [3.63, 3.8) is 0 Å². The van der Waals surface area contributed by atoms with Crippen molar-refractivity contribution in [3.05, 3.63) is 56.8 Å². The van der Waals surface area contributed by atoms with E-state index in [4.69, 9.17) is 4.74 Å². The first-order valence-electron chi connectivity index (χ1n) is 8.34. The fourth-order valence-electron chi connectivity index (χ4n) is 2.27. The van der Waals surface area contributed by atoms with E-state index < -0.39 is 35.4 Å². The molecule has 0 saturated carbocycles. The maximum Gasteiger partial charge on any atom is 0.329 e. The van der Waals surface area contributed by atoms with Crippen LogP contribution in [0, 0.1) is 16.0 Å². The second kappa shape index (κ2) is 9.60. The fraction of sp³-hybridized carbons (Fsp3) is 0.278. The quantitative estimate of drug-likeness (QED) is 0.395. The number of nitro benzene ring substituents is 1. The van der Waals surface area contributed by atoms with Crippen molar-refractivity contribution in [1.29, 1.82) is 0 Å². The highest BCUT2D eigenvalue weighted by Gasteiger charge is 2.27. The van der Waals surface area contributed by atoms with Crippen LogP contribution in [0.15, 0.2) is 41.8 Å². The molecule has 0 aliphatic rings. The summed E-state index contributed by atoms with van der Waals surface area (Å²) in [6.45, 7) is 2.82. The van der Waals surface area contributed by atoms with Crippen LogP contribution in [-0.4, -0.2) is 35.4 Å². The molecule has 0 aliphatic carbocycles. The van der Waals surface area contributed by atoms with Crippen molar-refractivity contribution in [1.82, 2.24) is 5.32 Å². The molecule has 0 bridgehead atoms. The van der Waals surface area contributed by atoms with Crippen molar-refractivity contribution in [3.8, 4) is 0 Å². The maximum absolute atomic E-state index is 12.3. The number of carbonyl (C=O) groups excluding carboxylic acids is 3. The monoisotopic (exact) mass is 405 g/mol. The number of rotatable bonds is 8. The van der Waals surface area contributed by atoms with Gasteiger partial charge in [0.1, 0.15) is 11.7 Å². The van der Waals surface area contributed by atoms with Crippen LogP contribution in [0.25, 0.3) is 0 Å². The Morgan fingerprint density at radius 1 is 1.18 bits per heavy atom. The lowest BCUT2D eigenvalue weighted by Crippen LogP contribution is -2.45. The molecule has 148 valence electrons. The van der Waals surface area contributed by atoms with Crippen LogP contribution in [0.4, 0.5) is 11.4 Å². The van der Waals surface area contributed by atoms with Gasteiger partial charge in [-0.2, -0.15) is 0 Å². The van der Waals surface area contributed by atoms with Gasteiger partial charge in [0.25, 0.3) is 17.5 Å². The maximum atomic E-state index is 12.3. The molecule has 2 N–H and O–H groups in total. The van der Waals surface area contributed by atoms with Gasteiger partial charge in [-0.1, -0.05) is 32.0 Å². The Labute approximate surface area is 164 Å². The van der Waals surface area contributed by atoms with Gasteiger partial charge in [-0.15, -0.1) is 11.3 Å². The van der Waals surface area contributed by atoms with Crippen LogP contribution in [0.1, 0.15) is 23.5 Å². The number of nitro groups is 1. The van der Waals surface area contributed by atoms with Crippen molar-refractivity contribution in [2.75, 3.05) is 11.9 Å². The third-order valence-corrected chi connectivity index (χ3v) is 4.54. The molecule has 0 fully saturated rings. The molecule has 0 radical (unpaired) electrons. The van der Waals surface area contributed by atoms with Gasteiger partial charge in [-0.05, 0) is 23.4 Å². The molecule has 2 rings (SSSR count). The number of hydrogen-bond acceptors (Lipinski definition) is 7. The number of benzene rings is 1. The molecule has 1 aromatic heterocycles. The molecule has 2 amide bonds.